The summed E-state index contributed by atoms with van der Waals surface area (Å²) in [5.74, 6) is 0.870. The summed E-state index contributed by atoms with van der Waals surface area (Å²) < 4.78 is 13.1. The molecule has 4 heterocycles. The fourth-order valence-electron chi connectivity index (χ4n) is 4.50. The van der Waals surface area contributed by atoms with Crippen molar-refractivity contribution < 1.29 is 19.1 Å². The molecule has 1 aliphatic heterocycles. The van der Waals surface area contributed by atoms with Crippen LogP contribution in [0.4, 0.5) is 10.5 Å². The number of urea groups is 1. The number of amides is 3. The Kier molecular flexibility index (Phi) is 8.93. The number of methoxy groups -OCH3 is 1. The highest BCUT2D eigenvalue weighted by Crippen LogP contribution is 2.32. The highest BCUT2D eigenvalue weighted by atomic mass is 35.5. The zero-order valence-electron chi connectivity index (χ0n) is 22.4. The number of ether oxygens (including phenoxy) is 2. The number of carbonyl (C=O) groups is 2. The van der Waals surface area contributed by atoms with E-state index in [1.54, 1.807) is 54.2 Å². The fraction of sp³-hybridized carbons (Fsp3) is 0.481. The normalized spacial score (nSPS) is 13.8. The Morgan fingerprint density at radius 3 is 2.76 bits per heavy atom. The molecule has 0 aliphatic carbocycles. The topological polar surface area (TPSA) is 93.0 Å². The Morgan fingerprint density at radius 2 is 2.03 bits per heavy atom. The predicted molar refractivity (Wildman–Crippen MR) is 147 cm³/mol. The molecule has 38 heavy (non-hydrogen) atoms. The van der Waals surface area contributed by atoms with E-state index in [9.17, 15) is 9.59 Å². The third-order valence-electron chi connectivity index (χ3n) is 6.59. The third-order valence-corrected chi connectivity index (χ3v) is 6.87. The predicted octanol–water partition coefficient (Wildman–Crippen LogP) is 4.58. The summed E-state index contributed by atoms with van der Waals surface area (Å²) in [4.78, 5) is 39.8. The minimum Gasteiger partial charge on any atom is -0.488 e. The van der Waals surface area contributed by atoms with E-state index in [1.807, 2.05) is 12.1 Å². The molecule has 3 aromatic rings. The van der Waals surface area contributed by atoms with Crippen LogP contribution in [0, 0.1) is 0 Å². The molecule has 1 aliphatic rings. The van der Waals surface area contributed by atoms with Crippen molar-refractivity contribution in [2.45, 2.75) is 45.7 Å². The maximum atomic E-state index is 13.6. The molecule has 0 N–H and O–H groups in total. The smallest absolute Gasteiger partial charge is 0.324 e. The van der Waals surface area contributed by atoms with Gasteiger partial charge in [0.05, 0.1) is 30.6 Å². The number of fused-ring (bicyclic) bond motifs is 1. The first-order valence-corrected chi connectivity index (χ1v) is 13.3. The summed E-state index contributed by atoms with van der Waals surface area (Å²) in [7, 11) is 4.98. The Hall–Kier alpha value is -3.53. The maximum absolute atomic E-state index is 13.6. The van der Waals surface area contributed by atoms with Crippen LogP contribution in [0.2, 0.25) is 5.02 Å². The summed E-state index contributed by atoms with van der Waals surface area (Å²) in [5, 5.41) is 1.25. The molecular weight excluding hydrogens is 508 g/mol. The SMILES string of the molecule is CCCCCOc1cc(N2CCCN(Cc3ccnc4c3c(Cl)cn4CC(=O)N(C)C)C2=O)cnc1OC. The van der Waals surface area contributed by atoms with Crippen LogP contribution in [0.25, 0.3) is 11.0 Å². The number of likely N-dealkylation sites (N-methyl/N-ethyl adjacent to an activating group) is 1. The van der Waals surface area contributed by atoms with Crippen LogP contribution < -0.4 is 14.4 Å². The second-order valence-corrected chi connectivity index (χ2v) is 9.93. The summed E-state index contributed by atoms with van der Waals surface area (Å²) in [5.41, 5.74) is 2.16. The van der Waals surface area contributed by atoms with Gasteiger partial charge < -0.3 is 23.8 Å². The number of aromatic nitrogens is 3. The van der Waals surface area contributed by atoms with Gasteiger partial charge in [-0.05, 0) is 24.5 Å². The molecule has 10 nitrogen and oxygen atoms in total. The quantitative estimate of drug-likeness (QED) is 0.329. The highest BCUT2D eigenvalue weighted by molar-refractivity contribution is 6.35. The van der Waals surface area contributed by atoms with E-state index in [0.717, 1.165) is 36.6 Å². The number of carbonyl (C=O) groups excluding carboxylic acids is 2. The molecule has 1 saturated heterocycles. The van der Waals surface area contributed by atoms with Gasteiger partial charge in [-0.1, -0.05) is 31.4 Å². The van der Waals surface area contributed by atoms with Crippen LogP contribution in [0.3, 0.4) is 0 Å². The van der Waals surface area contributed by atoms with Crippen molar-refractivity contribution in [3.05, 3.63) is 41.3 Å². The molecule has 204 valence electrons. The maximum Gasteiger partial charge on any atom is 0.324 e. The van der Waals surface area contributed by atoms with Crippen LogP contribution in [-0.4, -0.2) is 77.2 Å². The lowest BCUT2D eigenvalue weighted by Crippen LogP contribution is -2.49. The Morgan fingerprint density at radius 1 is 1.21 bits per heavy atom. The van der Waals surface area contributed by atoms with Crippen LogP contribution in [0.15, 0.2) is 30.7 Å². The summed E-state index contributed by atoms with van der Waals surface area (Å²) in [6, 6.07) is 3.57. The lowest BCUT2D eigenvalue weighted by atomic mass is 10.1. The monoisotopic (exact) mass is 542 g/mol. The lowest BCUT2D eigenvalue weighted by molar-refractivity contribution is -0.129. The third kappa shape index (κ3) is 5.96. The average molecular weight is 543 g/mol. The molecule has 0 atom stereocenters. The molecule has 0 saturated carbocycles. The average Bonchev–Trinajstić information content (AvgIpc) is 3.23. The molecule has 0 unspecified atom stereocenters. The fourth-order valence-corrected chi connectivity index (χ4v) is 4.83. The molecule has 0 bridgehead atoms. The first kappa shape index (κ1) is 27.5. The second kappa shape index (κ2) is 12.3. The Labute approximate surface area is 228 Å². The van der Waals surface area contributed by atoms with Crippen LogP contribution in [-0.2, 0) is 17.9 Å². The van der Waals surface area contributed by atoms with E-state index in [4.69, 9.17) is 21.1 Å². The second-order valence-electron chi connectivity index (χ2n) is 9.53. The number of pyridine rings is 2. The van der Waals surface area contributed by atoms with Gasteiger partial charge in [-0.2, -0.15) is 0 Å². The summed E-state index contributed by atoms with van der Waals surface area (Å²) in [6.45, 7) is 4.39. The molecule has 0 spiro atoms. The minimum atomic E-state index is -0.122. The molecule has 0 radical (unpaired) electrons. The zero-order chi connectivity index (χ0) is 27.2. The Balaban J connectivity index is 1.55. The number of hydrogen-bond acceptors (Lipinski definition) is 6. The molecule has 3 amide bonds. The first-order chi connectivity index (χ1) is 18.3. The van der Waals surface area contributed by atoms with Gasteiger partial charge in [-0.15, -0.1) is 0 Å². The Bertz CT molecular complexity index is 1290. The number of anilines is 1. The van der Waals surface area contributed by atoms with Crippen molar-refractivity contribution in [1.82, 2.24) is 24.3 Å². The number of nitrogens with zero attached hydrogens (tertiary/aromatic N) is 6. The van der Waals surface area contributed by atoms with E-state index in [1.165, 1.54) is 4.90 Å². The van der Waals surface area contributed by atoms with E-state index < -0.39 is 0 Å². The lowest BCUT2D eigenvalue weighted by Gasteiger charge is -2.35. The van der Waals surface area contributed by atoms with E-state index in [2.05, 4.69) is 16.9 Å². The van der Waals surface area contributed by atoms with Crippen molar-refractivity contribution in [2.75, 3.05) is 45.8 Å². The number of halogens is 1. The number of rotatable bonds is 11. The van der Waals surface area contributed by atoms with Crippen LogP contribution in [0.5, 0.6) is 11.6 Å². The van der Waals surface area contributed by atoms with E-state index in [-0.39, 0.29) is 18.5 Å². The molecule has 1 fully saturated rings. The van der Waals surface area contributed by atoms with E-state index >= 15 is 0 Å². The number of unbranched alkanes of at least 4 members (excludes halogenated alkanes) is 2. The van der Waals surface area contributed by atoms with Crippen molar-refractivity contribution in [3.8, 4) is 11.6 Å². The minimum absolute atomic E-state index is 0.0607. The summed E-state index contributed by atoms with van der Waals surface area (Å²) >= 11 is 6.60. The molecule has 4 rings (SSSR count). The molecule has 0 aromatic carbocycles. The standard InChI is InChI=1S/C27H35ClN6O4/c1-5-6-7-13-38-22-14-20(15-30-26(22)37-4)34-12-8-11-32(27(34)36)16-19-9-10-29-25-24(19)21(28)17-33(25)18-23(35)31(2)3/h9-10,14-15,17H,5-8,11-13,16,18H2,1-4H3. The van der Waals surface area contributed by atoms with Gasteiger partial charge in [-0.25, -0.2) is 14.8 Å². The van der Waals surface area contributed by atoms with Gasteiger partial charge in [-0.3, -0.25) is 9.69 Å². The van der Waals surface area contributed by atoms with Crippen molar-refractivity contribution in [2.24, 2.45) is 0 Å². The molecular formula is C27H35ClN6O4. The molecule has 3 aromatic heterocycles. The van der Waals surface area contributed by atoms with Crippen LogP contribution in [0.1, 0.15) is 38.2 Å². The van der Waals surface area contributed by atoms with Gasteiger partial charge in [0.1, 0.15) is 12.2 Å². The van der Waals surface area contributed by atoms with Crippen LogP contribution >= 0.6 is 11.6 Å². The molecule has 11 heteroatoms. The van der Waals surface area contributed by atoms with Crippen molar-refractivity contribution >= 4 is 40.3 Å². The first-order valence-electron chi connectivity index (χ1n) is 12.9. The van der Waals surface area contributed by atoms with E-state index in [0.29, 0.717) is 54.2 Å². The van der Waals surface area contributed by atoms with Gasteiger partial charge in [0.25, 0.3) is 5.88 Å². The number of hydrogen-bond donors (Lipinski definition) is 0. The van der Waals surface area contributed by atoms with Gasteiger partial charge in [0.15, 0.2) is 5.75 Å². The van der Waals surface area contributed by atoms with Gasteiger partial charge in [0, 0.05) is 57.6 Å². The van der Waals surface area contributed by atoms with Gasteiger partial charge in [0.2, 0.25) is 5.91 Å². The zero-order valence-corrected chi connectivity index (χ0v) is 23.2. The van der Waals surface area contributed by atoms with Crippen molar-refractivity contribution in [1.29, 1.82) is 0 Å². The highest BCUT2D eigenvalue weighted by Gasteiger charge is 2.29. The van der Waals surface area contributed by atoms with Crippen molar-refractivity contribution in [3.63, 3.8) is 0 Å². The largest absolute Gasteiger partial charge is 0.488 e. The van der Waals surface area contributed by atoms with Gasteiger partial charge >= 0.3 is 6.03 Å². The summed E-state index contributed by atoms with van der Waals surface area (Å²) in [6.07, 6.45) is 8.97.